The lowest BCUT2D eigenvalue weighted by atomic mass is 10.1. The van der Waals surface area contributed by atoms with Crippen molar-refractivity contribution in [3.63, 3.8) is 0 Å². The van der Waals surface area contributed by atoms with Crippen molar-refractivity contribution >= 4 is 34.1 Å². The van der Waals surface area contributed by atoms with Crippen molar-refractivity contribution in [2.24, 2.45) is 0 Å². The van der Waals surface area contributed by atoms with Crippen LogP contribution in [0.4, 0.5) is 10.5 Å². The van der Waals surface area contributed by atoms with Gasteiger partial charge < -0.3 is 10.2 Å². The van der Waals surface area contributed by atoms with Gasteiger partial charge in [0, 0.05) is 34.9 Å². The van der Waals surface area contributed by atoms with E-state index in [4.69, 9.17) is 11.6 Å². The highest BCUT2D eigenvalue weighted by atomic mass is 35.5. The molecule has 0 unspecified atom stereocenters. The highest BCUT2D eigenvalue weighted by Crippen LogP contribution is 2.30. The Morgan fingerprint density at radius 3 is 2.56 bits per heavy atom. The number of piperidine rings is 1. The molecule has 132 valence electrons. The molecule has 2 amide bonds. The molecule has 0 spiro atoms. The van der Waals surface area contributed by atoms with Crippen LogP contribution in [0.15, 0.2) is 36.4 Å². The summed E-state index contributed by atoms with van der Waals surface area (Å²) in [6.45, 7) is 4.03. The van der Waals surface area contributed by atoms with Crippen LogP contribution in [-0.2, 0) is 0 Å². The average molecular weight is 358 g/mol. The molecule has 2 aliphatic rings. The van der Waals surface area contributed by atoms with Crippen LogP contribution >= 0.6 is 11.6 Å². The highest BCUT2D eigenvalue weighted by Gasteiger charge is 2.31. The van der Waals surface area contributed by atoms with Crippen molar-refractivity contribution < 1.29 is 4.79 Å². The number of nitrogens with zero attached hydrogens (tertiary/aromatic N) is 2. The largest absolute Gasteiger partial charge is 0.323 e. The van der Waals surface area contributed by atoms with Crippen molar-refractivity contribution in [1.29, 1.82) is 0 Å². The number of likely N-dealkylation sites (tertiary alicyclic amines) is 2. The number of fused-ring (bicyclic) bond motifs is 1. The molecule has 2 saturated heterocycles. The Balaban J connectivity index is 1.45. The molecule has 4 rings (SSSR count). The summed E-state index contributed by atoms with van der Waals surface area (Å²) in [5.41, 5.74) is 0.825. The number of hydrogen-bond donors (Lipinski definition) is 1. The summed E-state index contributed by atoms with van der Waals surface area (Å²) >= 11 is 6.27. The zero-order valence-corrected chi connectivity index (χ0v) is 15.1. The van der Waals surface area contributed by atoms with Gasteiger partial charge in [-0.2, -0.15) is 0 Å². The summed E-state index contributed by atoms with van der Waals surface area (Å²) in [5, 5.41) is 5.74. The third-order valence-electron chi connectivity index (χ3n) is 5.47. The van der Waals surface area contributed by atoms with Crippen molar-refractivity contribution in [3.05, 3.63) is 41.4 Å². The average Bonchev–Trinajstić information content (AvgIpc) is 3.15. The van der Waals surface area contributed by atoms with Gasteiger partial charge in [0.2, 0.25) is 0 Å². The minimum atomic E-state index is -0.00742. The second kappa shape index (κ2) is 7.22. The van der Waals surface area contributed by atoms with Gasteiger partial charge in [-0.25, -0.2) is 4.79 Å². The normalized spacial score (nSPS) is 21.6. The molecule has 0 bridgehead atoms. The second-order valence-electron chi connectivity index (χ2n) is 7.06. The van der Waals surface area contributed by atoms with E-state index in [1.54, 1.807) is 0 Å². The van der Waals surface area contributed by atoms with E-state index >= 15 is 0 Å². The number of carbonyl (C=O) groups excluding carboxylic acids is 1. The van der Waals surface area contributed by atoms with Gasteiger partial charge in [-0.05, 0) is 44.5 Å². The van der Waals surface area contributed by atoms with Crippen molar-refractivity contribution in [3.8, 4) is 0 Å². The Labute approximate surface area is 153 Å². The summed E-state index contributed by atoms with van der Waals surface area (Å²) in [5.74, 6) is 0. The summed E-state index contributed by atoms with van der Waals surface area (Å²) in [6.07, 6.45) is 5.00. The molecule has 5 heteroatoms. The van der Waals surface area contributed by atoms with E-state index in [1.165, 1.54) is 32.4 Å². The Kier molecular flexibility index (Phi) is 4.82. The molecule has 2 heterocycles. The van der Waals surface area contributed by atoms with Gasteiger partial charge in [0.1, 0.15) is 0 Å². The number of urea groups is 1. The first-order valence-electron chi connectivity index (χ1n) is 9.19. The first kappa shape index (κ1) is 16.7. The molecule has 25 heavy (non-hydrogen) atoms. The third-order valence-corrected chi connectivity index (χ3v) is 5.80. The minimum Gasteiger partial charge on any atom is -0.323 e. The van der Waals surface area contributed by atoms with E-state index in [0.29, 0.717) is 11.1 Å². The fourth-order valence-corrected chi connectivity index (χ4v) is 4.30. The fourth-order valence-electron chi connectivity index (χ4n) is 4.07. The predicted molar refractivity (Wildman–Crippen MR) is 103 cm³/mol. The van der Waals surface area contributed by atoms with Crippen LogP contribution in [0.5, 0.6) is 0 Å². The van der Waals surface area contributed by atoms with E-state index in [9.17, 15) is 4.79 Å². The number of benzene rings is 2. The first-order valence-corrected chi connectivity index (χ1v) is 9.57. The van der Waals surface area contributed by atoms with Gasteiger partial charge in [0.15, 0.2) is 0 Å². The SMILES string of the molecule is O=C(Nc1ccc(Cl)c2ccccc12)N1CC[C@@H](N2CCCCC2)C1. The molecule has 0 radical (unpaired) electrons. The van der Waals surface area contributed by atoms with E-state index in [-0.39, 0.29) is 6.03 Å². The molecule has 2 aromatic rings. The van der Waals surface area contributed by atoms with E-state index in [0.717, 1.165) is 36.0 Å². The lowest BCUT2D eigenvalue weighted by Crippen LogP contribution is -2.42. The third kappa shape index (κ3) is 3.46. The number of anilines is 1. The van der Waals surface area contributed by atoms with Crippen LogP contribution in [0.3, 0.4) is 0 Å². The van der Waals surface area contributed by atoms with Gasteiger partial charge in [-0.15, -0.1) is 0 Å². The predicted octanol–water partition coefficient (Wildman–Crippen LogP) is 4.59. The summed E-state index contributed by atoms with van der Waals surface area (Å²) < 4.78 is 0. The Morgan fingerprint density at radius 2 is 1.76 bits per heavy atom. The van der Waals surface area contributed by atoms with Crippen LogP contribution in [0.2, 0.25) is 5.02 Å². The van der Waals surface area contributed by atoms with Gasteiger partial charge in [0.05, 0.1) is 5.69 Å². The topological polar surface area (TPSA) is 35.6 Å². The quantitative estimate of drug-likeness (QED) is 0.853. The van der Waals surface area contributed by atoms with E-state index in [2.05, 4.69) is 10.2 Å². The number of rotatable bonds is 2. The Bertz CT molecular complexity index is 773. The van der Waals surface area contributed by atoms with Crippen LogP contribution < -0.4 is 5.32 Å². The molecule has 4 nitrogen and oxygen atoms in total. The minimum absolute atomic E-state index is 0.00742. The van der Waals surface area contributed by atoms with Gasteiger partial charge >= 0.3 is 6.03 Å². The molecular weight excluding hydrogens is 334 g/mol. The Morgan fingerprint density at radius 1 is 1.00 bits per heavy atom. The number of hydrogen-bond acceptors (Lipinski definition) is 2. The van der Waals surface area contributed by atoms with E-state index in [1.807, 2.05) is 41.3 Å². The molecule has 0 aliphatic carbocycles. The standard InChI is InChI=1S/C20H24ClN3O/c21-18-8-9-19(17-7-3-2-6-16(17)18)22-20(25)24-13-10-15(14-24)23-11-4-1-5-12-23/h2-3,6-9,15H,1,4-5,10-14H2,(H,22,25)/t15-/m1/s1. The van der Waals surface area contributed by atoms with Crippen LogP contribution in [-0.4, -0.2) is 48.1 Å². The van der Waals surface area contributed by atoms with Crippen LogP contribution in [0.1, 0.15) is 25.7 Å². The number of carbonyl (C=O) groups is 1. The molecule has 0 aromatic heterocycles. The monoisotopic (exact) mass is 357 g/mol. The highest BCUT2D eigenvalue weighted by molar-refractivity contribution is 6.36. The van der Waals surface area contributed by atoms with Gasteiger partial charge in [0.25, 0.3) is 0 Å². The van der Waals surface area contributed by atoms with Crippen LogP contribution in [0.25, 0.3) is 10.8 Å². The lowest BCUT2D eigenvalue weighted by Gasteiger charge is -2.32. The van der Waals surface area contributed by atoms with Gasteiger partial charge in [-0.3, -0.25) is 4.90 Å². The van der Waals surface area contributed by atoms with Crippen molar-refractivity contribution in [2.45, 2.75) is 31.7 Å². The van der Waals surface area contributed by atoms with Gasteiger partial charge in [-0.1, -0.05) is 42.3 Å². The summed E-state index contributed by atoms with van der Waals surface area (Å²) in [7, 11) is 0. The van der Waals surface area contributed by atoms with E-state index < -0.39 is 0 Å². The summed E-state index contributed by atoms with van der Waals surface area (Å²) in [6, 6.07) is 12.2. The van der Waals surface area contributed by atoms with Crippen LogP contribution in [0, 0.1) is 0 Å². The molecule has 0 saturated carbocycles. The molecular formula is C20H24ClN3O. The molecule has 2 aliphatic heterocycles. The maximum atomic E-state index is 12.7. The zero-order valence-electron chi connectivity index (χ0n) is 14.4. The zero-order chi connectivity index (χ0) is 17.2. The fraction of sp³-hybridized carbons (Fsp3) is 0.450. The lowest BCUT2D eigenvalue weighted by molar-refractivity contribution is 0.164. The maximum Gasteiger partial charge on any atom is 0.321 e. The molecule has 2 fully saturated rings. The number of amides is 2. The maximum absolute atomic E-state index is 12.7. The molecule has 2 aromatic carbocycles. The smallest absolute Gasteiger partial charge is 0.321 e. The second-order valence-corrected chi connectivity index (χ2v) is 7.46. The first-order chi connectivity index (χ1) is 12.2. The number of nitrogens with one attached hydrogen (secondary N) is 1. The Hall–Kier alpha value is -1.78. The van der Waals surface area contributed by atoms with Crippen molar-refractivity contribution in [1.82, 2.24) is 9.80 Å². The van der Waals surface area contributed by atoms with Crippen molar-refractivity contribution in [2.75, 3.05) is 31.5 Å². The molecule has 1 N–H and O–H groups in total. The molecule has 1 atom stereocenters. The summed E-state index contributed by atoms with van der Waals surface area (Å²) in [4.78, 5) is 17.2. The number of halogens is 1.